The van der Waals surface area contributed by atoms with E-state index >= 15 is 0 Å². The summed E-state index contributed by atoms with van der Waals surface area (Å²) in [5, 5.41) is 8.67. The van der Waals surface area contributed by atoms with Gasteiger partial charge in [-0.15, -0.1) is 11.3 Å². The van der Waals surface area contributed by atoms with E-state index in [1.54, 1.807) is 19.2 Å². The first kappa shape index (κ1) is 19.3. The molecule has 5 nitrogen and oxygen atoms in total. The average Bonchev–Trinajstić information content (AvgIpc) is 2.94. The normalized spacial score (nSPS) is 11.1. The van der Waals surface area contributed by atoms with Gasteiger partial charge in [0.2, 0.25) is 0 Å². The third-order valence-corrected chi connectivity index (χ3v) is 5.55. The van der Waals surface area contributed by atoms with Gasteiger partial charge in [-0.05, 0) is 36.1 Å². The standard InChI is InChI=1S/C18H22ClN3O2S/c1-10-6-7-11(8-12(10)19)21-17(24)22-13-9-14(18(2,3)4)25-15(13)16(23)20-5/h6-9H,1-5H3,(H,20,23)(H2,21,22,24). The molecule has 0 aliphatic carbocycles. The number of thiophene rings is 1. The van der Waals surface area contributed by atoms with Crippen molar-refractivity contribution in [2.75, 3.05) is 17.7 Å². The molecule has 0 saturated heterocycles. The number of halogens is 1. The Morgan fingerprint density at radius 2 is 1.80 bits per heavy atom. The molecule has 25 heavy (non-hydrogen) atoms. The monoisotopic (exact) mass is 379 g/mol. The van der Waals surface area contributed by atoms with Gasteiger partial charge in [0.25, 0.3) is 5.91 Å². The Morgan fingerprint density at radius 3 is 2.36 bits per heavy atom. The van der Waals surface area contributed by atoms with Gasteiger partial charge in [-0.3, -0.25) is 4.79 Å². The van der Waals surface area contributed by atoms with Gasteiger partial charge in [-0.1, -0.05) is 38.4 Å². The van der Waals surface area contributed by atoms with E-state index in [-0.39, 0.29) is 11.3 Å². The van der Waals surface area contributed by atoms with Gasteiger partial charge in [0.15, 0.2) is 0 Å². The number of carbonyl (C=O) groups is 2. The van der Waals surface area contributed by atoms with Crippen LogP contribution in [0.2, 0.25) is 5.02 Å². The molecule has 0 bridgehead atoms. The second kappa shape index (κ2) is 7.45. The predicted octanol–water partition coefficient (Wildman–Crippen LogP) is 5.01. The number of aryl methyl sites for hydroxylation is 1. The molecule has 7 heteroatoms. The molecule has 1 heterocycles. The van der Waals surface area contributed by atoms with Gasteiger partial charge in [0.05, 0.1) is 5.69 Å². The first-order chi connectivity index (χ1) is 11.6. The van der Waals surface area contributed by atoms with Crippen LogP contribution in [0.1, 0.15) is 40.9 Å². The van der Waals surface area contributed by atoms with Crippen LogP contribution in [0.4, 0.5) is 16.2 Å². The number of urea groups is 1. The summed E-state index contributed by atoms with van der Waals surface area (Å²) in [6, 6.07) is 6.70. The lowest BCUT2D eigenvalue weighted by Crippen LogP contribution is -2.22. The average molecular weight is 380 g/mol. The predicted molar refractivity (Wildman–Crippen MR) is 105 cm³/mol. The minimum absolute atomic E-state index is 0.117. The van der Waals surface area contributed by atoms with Crippen LogP contribution in [0.3, 0.4) is 0 Å². The molecule has 0 radical (unpaired) electrons. The maximum Gasteiger partial charge on any atom is 0.323 e. The van der Waals surface area contributed by atoms with Crippen LogP contribution in [0.15, 0.2) is 24.3 Å². The fourth-order valence-electron chi connectivity index (χ4n) is 2.09. The molecule has 0 aliphatic rings. The number of anilines is 2. The Hall–Kier alpha value is -2.05. The largest absolute Gasteiger partial charge is 0.354 e. The fraction of sp³-hybridized carbons (Fsp3) is 0.333. The van der Waals surface area contributed by atoms with E-state index in [0.29, 0.717) is 21.3 Å². The van der Waals surface area contributed by atoms with Gasteiger partial charge in [-0.25, -0.2) is 4.79 Å². The second-order valence-electron chi connectivity index (χ2n) is 6.73. The van der Waals surface area contributed by atoms with Gasteiger partial charge in [0.1, 0.15) is 4.88 Å². The summed E-state index contributed by atoms with van der Waals surface area (Å²) in [5.74, 6) is -0.228. The molecule has 0 fully saturated rings. The molecular weight excluding hydrogens is 358 g/mol. The van der Waals surface area contributed by atoms with E-state index in [1.807, 2.05) is 19.1 Å². The van der Waals surface area contributed by atoms with E-state index < -0.39 is 6.03 Å². The lowest BCUT2D eigenvalue weighted by molar-refractivity contribution is 0.0968. The molecule has 0 spiro atoms. The number of nitrogens with one attached hydrogen (secondary N) is 3. The molecular formula is C18H22ClN3O2S. The zero-order valence-electron chi connectivity index (χ0n) is 14.9. The SMILES string of the molecule is CNC(=O)c1sc(C(C)(C)C)cc1NC(=O)Nc1ccc(C)c(Cl)c1. The van der Waals surface area contributed by atoms with Crippen LogP contribution in [-0.2, 0) is 5.41 Å². The molecule has 3 amide bonds. The minimum Gasteiger partial charge on any atom is -0.354 e. The van der Waals surface area contributed by atoms with Crippen LogP contribution in [-0.4, -0.2) is 19.0 Å². The maximum absolute atomic E-state index is 12.3. The Balaban J connectivity index is 2.22. The molecule has 3 N–H and O–H groups in total. The third-order valence-electron chi connectivity index (χ3n) is 3.58. The molecule has 1 aromatic carbocycles. The summed E-state index contributed by atoms with van der Waals surface area (Å²) in [6.45, 7) is 8.07. The molecule has 1 aromatic heterocycles. The summed E-state index contributed by atoms with van der Waals surface area (Å²) in [7, 11) is 1.57. The van der Waals surface area contributed by atoms with Crippen LogP contribution in [0, 0.1) is 6.92 Å². The van der Waals surface area contributed by atoms with Gasteiger partial charge >= 0.3 is 6.03 Å². The number of carbonyl (C=O) groups excluding carboxylic acids is 2. The summed E-state index contributed by atoms with van der Waals surface area (Å²) >= 11 is 7.45. The highest BCUT2D eigenvalue weighted by atomic mass is 35.5. The highest BCUT2D eigenvalue weighted by molar-refractivity contribution is 7.14. The maximum atomic E-state index is 12.3. The number of benzene rings is 1. The van der Waals surface area contributed by atoms with E-state index in [9.17, 15) is 9.59 Å². The Bertz CT molecular complexity index is 809. The first-order valence-electron chi connectivity index (χ1n) is 7.82. The topological polar surface area (TPSA) is 70.2 Å². The zero-order chi connectivity index (χ0) is 18.8. The van der Waals surface area contributed by atoms with Crippen molar-refractivity contribution < 1.29 is 9.59 Å². The molecule has 2 rings (SSSR count). The highest BCUT2D eigenvalue weighted by Gasteiger charge is 2.23. The molecule has 2 aromatic rings. The number of hydrogen-bond acceptors (Lipinski definition) is 3. The Labute approximate surface area is 156 Å². The second-order valence-corrected chi connectivity index (χ2v) is 8.19. The van der Waals surface area contributed by atoms with Crippen LogP contribution >= 0.6 is 22.9 Å². The number of rotatable bonds is 3. The van der Waals surface area contributed by atoms with Crippen molar-refractivity contribution in [1.82, 2.24) is 5.32 Å². The van der Waals surface area contributed by atoms with E-state index in [4.69, 9.17) is 11.6 Å². The number of hydrogen-bond donors (Lipinski definition) is 3. The smallest absolute Gasteiger partial charge is 0.323 e. The van der Waals surface area contributed by atoms with E-state index in [0.717, 1.165) is 10.4 Å². The summed E-state index contributed by atoms with van der Waals surface area (Å²) in [4.78, 5) is 25.9. The zero-order valence-corrected chi connectivity index (χ0v) is 16.5. The fourth-order valence-corrected chi connectivity index (χ4v) is 3.39. The van der Waals surface area contributed by atoms with E-state index in [2.05, 4.69) is 36.7 Å². The van der Waals surface area contributed by atoms with Crippen molar-refractivity contribution in [3.63, 3.8) is 0 Å². The molecule has 0 unspecified atom stereocenters. The van der Waals surface area contributed by atoms with Crippen LogP contribution < -0.4 is 16.0 Å². The van der Waals surface area contributed by atoms with E-state index in [1.165, 1.54) is 11.3 Å². The van der Waals surface area contributed by atoms with Crippen LogP contribution in [0.5, 0.6) is 0 Å². The summed E-state index contributed by atoms with van der Waals surface area (Å²) in [5.41, 5.74) is 1.89. The quantitative estimate of drug-likeness (QED) is 0.701. The molecule has 0 atom stereocenters. The summed E-state index contributed by atoms with van der Waals surface area (Å²) < 4.78 is 0. The molecule has 0 saturated carbocycles. The highest BCUT2D eigenvalue weighted by Crippen LogP contribution is 2.35. The van der Waals surface area contributed by atoms with Crippen molar-refractivity contribution in [2.24, 2.45) is 0 Å². The van der Waals surface area contributed by atoms with Gasteiger partial charge in [0, 0.05) is 22.6 Å². The van der Waals surface area contributed by atoms with Gasteiger partial charge in [-0.2, -0.15) is 0 Å². The van der Waals surface area contributed by atoms with Crippen LogP contribution in [0.25, 0.3) is 0 Å². The number of amides is 3. The third kappa shape index (κ3) is 4.74. The molecule has 0 aliphatic heterocycles. The molecule has 134 valence electrons. The Morgan fingerprint density at radius 1 is 1.12 bits per heavy atom. The summed E-state index contributed by atoms with van der Waals surface area (Å²) in [6.07, 6.45) is 0. The van der Waals surface area contributed by atoms with Crippen molar-refractivity contribution >= 4 is 46.3 Å². The van der Waals surface area contributed by atoms with Crippen molar-refractivity contribution in [3.8, 4) is 0 Å². The minimum atomic E-state index is -0.427. The Kier molecular flexibility index (Phi) is 5.75. The van der Waals surface area contributed by atoms with Gasteiger partial charge < -0.3 is 16.0 Å². The lowest BCUT2D eigenvalue weighted by Gasteiger charge is -2.15. The van der Waals surface area contributed by atoms with Crippen molar-refractivity contribution in [2.45, 2.75) is 33.1 Å². The van der Waals surface area contributed by atoms with Crippen molar-refractivity contribution in [1.29, 1.82) is 0 Å². The van der Waals surface area contributed by atoms with Crippen molar-refractivity contribution in [3.05, 3.63) is 44.6 Å². The lowest BCUT2D eigenvalue weighted by atomic mass is 9.94. The first-order valence-corrected chi connectivity index (χ1v) is 9.02.